The molecule has 0 atom stereocenters. The number of nitrogens with zero attached hydrogens (tertiary/aromatic N) is 8. The number of thiazole rings is 2. The molecule has 0 N–H and O–H groups in total. The maximum Gasteiger partial charge on any atom is 0.198 e. The zero-order valence-corrected chi connectivity index (χ0v) is 31.4. The predicted molar refractivity (Wildman–Crippen MR) is 204 cm³/mol. The third-order valence-electron chi connectivity index (χ3n) is 7.07. The molecular weight excluding hydrogens is 748 g/mol. The number of thiophene rings is 2. The van der Waals surface area contributed by atoms with E-state index in [9.17, 15) is 0 Å². The van der Waals surface area contributed by atoms with E-state index in [-0.39, 0.29) is 0 Å². The summed E-state index contributed by atoms with van der Waals surface area (Å²) in [6.07, 6.45) is 5.35. The molecule has 6 heterocycles. The lowest BCUT2D eigenvalue weighted by Gasteiger charge is -2.08. The van der Waals surface area contributed by atoms with Crippen LogP contribution >= 0.6 is 80.5 Å². The maximum absolute atomic E-state index is 6.00. The van der Waals surface area contributed by atoms with E-state index in [2.05, 4.69) is 111 Å². The number of rotatable bonds is 12. The molecule has 0 aliphatic rings. The second kappa shape index (κ2) is 16.9. The van der Waals surface area contributed by atoms with Crippen LogP contribution in [0.25, 0.3) is 21.4 Å². The topological polar surface area (TPSA) is 87.2 Å². The van der Waals surface area contributed by atoms with Crippen LogP contribution in [0.3, 0.4) is 0 Å². The number of hydrogen-bond donors (Lipinski definition) is 0. The molecule has 0 unspecified atom stereocenters. The Morgan fingerprint density at radius 1 is 0.571 bits per heavy atom. The molecule has 0 spiro atoms. The van der Waals surface area contributed by atoms with Crippen molar-refractivity contribution in [2.75, 3.05) is 0 Å². The Bertz CT molecular complexity index is 2140. The zero-order chi connectivity index (χ0) is 33.3. The van der Waals surface area contributed by atoms with E-state index in [1.807, 2.05) is 35.8 Å². The fourth-order valence-corrected chi connectivity index (χ4v) is 9.87. The van der Waals surface area contributed by atoms with E-state index >= 15 is 0 Å². The normalized spacial score (nSPS) is 11.0. The van der Waals surface area contributed by atoms with Crippen molar-refractivity contribution in [3.05, 3.63) is 129 Å². The monoisotopic (exact) mass is 774 g/mol. The molecule has 0 amide bonds. The number of hydrogen-bond acceptors (Lipinski definition) is 12. The summed E-state index contributed by atoms with van der Waals surface area (Å²) in [7, 11) is 0. The van der Waals surface area contributed by atoms with Gasteiger partial charge in [0, 0.05) is 24.7 Å². The average molecular weight is 776 g/mol. The van der Waals surface area contributed by atoms with Gasteiger partial charge in [0.25, 0.3) is 0 Å². The molecule has 8 nitrogen and oxygen atoms in total. The highest BCUT2D eigenvalue weighted by atomic mass is 35.5. The minimum atomic E-state index is 0.677. The summed E-state index contributed by atoms with van der Waals surface area (Å²) < 4.78 is 6.90. The number of benzene rings is 2. The molecule has 0 bridgehead atoms. The molecule has 6 aromatic heterocycles. The molecule has 0 saturated carbocycles. The molecule has 0 aliphatic carbocycles. The van der Waals surface area contributed by atoms with E-state index in [1.165, 1.54) is 34.2 Å². The summed E-state index contributed by atoms with van der Waals surface area (Å²) in [5.41, 5.74) is 2.61. The molecular formula is C34H27ClN8S6. The SMILES string of the molecule is Clc1cnc(Sc2nnc(-c3cccs3)n2CCc2ccccc2)s1.c1ccc(CCn2c(Sc3nccs3)nnc2-c2cccs2)cc1. The maximum atomic E-state index is 6.00. The third-order valence-corrected chi connectivity index (χ3v) is 12.8. The summed E-state index contributed by atoms with van der Waals surface area (Å²) >= 11 is 15.5. The van der Waals surface area contributed by atoms with E-state index < -0.39 is 0 Å². The first-order valence-electron chi connectivity index (χ1n) is 15.1. The van der Waals surface area contributed by atoms with Crippen LogP contribution in [0.1, 0.15) is 11.1 Å². The van der Waals surface area contributed by atoms with Gasteiger partial charge in [0.2, 0.25) is 0 Å². The number of aromatic nitrogens is 8. The Balaban J connectivity index is 0.000000154. The van der Waals surface area contributed by atoms with Crippen molar-refractivity contribution in [3.63, 3.8) is 0 Å². The van der Waals surface area contributed by atoms with Gasteiger partial charge in [-0.05, 0) is 70.4 Å². The van der Waals surface area contributed by atoms with Crippen molar-refractivity contribution in [1.29, 1.82) is 0 Å². The Morgan fingerprint density at radius 2 is 1.12 bits per heavy atom. The standard InChI is InChI=1S/C17H13ClN4S3.C17H14N4S3/c18-14-11-19-17(24-14)25-16-21-20-15(13-7-4-10-23-13)22(16)9-8-12-5-2-1-3-6-12;1-2-5-13(6-3-1)8-10-21-15(14-7-4-11-22-14)19-20-16(21)24-17-18-9-12-23-17/h1-7,10-11H,8-9H2;1-7,9,11-12H,8,10H2. The Hall–Kier alpha value is -3.63. The van der Waals surface area contributed by atoms with Crippen LogP contribution in [0, 0.1) is 0 Å². The molecule has 49 heavy (non-hydrogen) atoms. The van der Waals surface area contributed by atoms with Gasteiger partial charge in [-0.3, -0.25) is 0 Å². The fourth-order valence-electron chi connectivity index (χ4n) is 4.78. The number of aryl methyl sites for hydroxylation is 2. The Morgan fingerprint density at radius 3 is 1.57 bits per heavy atom. The van der Waals surface area contributed by atoms with Crippen molar-refractivity contribution >= 4 is 80.5 Å². The van der Waals surface area contributed by atoms with E-state index in [0.717, 1.165) is 66.3 Å². The van der Waals surface area contributed by atoms with Crippen LogP contribution in [0.5, 0.6) is 0 Å². The van der Waals surface area contributed by atoms with Gasteiger partial charge >= 0.3 is 0 Å². The fraction of sp³-hybridized carbons (Fsp3) is 0.118. The van der Waals surface area contributed by atoms with Gasteiger partial charge in [-0.2, -0.15) is 0 Å². The average Bonchev–Trinajstić information content (AvgIpc) is 3.98. The van der Waals surface area contributed by atoms with Crippen LogP contribution < -0.4 is 0 Å². The van der Waals surface area contributed by atoms with Crippen molar-refractivity contribution in [2.45, 2.75) is 44.9 Å². The highest BCUT2D eigenvalue weighted by Crippen LogP contribution is 2.35. The lowest BCUT2D eigenvalue weighted by atomic mass is 10.1. The largest absolute Gasteiger partial charge is 0.301 e. The van der Waals surface area contributed by atoms with E-state index in [1.54, 1.807) is 52.0 Å². The van der Waals surface area contributed by atoms with Crippen LogP contribution in [0.4, 0.5) is 0 Å². The quantitative estimate of drug-likeness (QED) is 0.121. The molecule has 8 aromatic rings. The Labute approximate surface area is 313 Å². The minimum Gasteiger partial charge on any atom is -0.301 e. The summed E-state index contributed by atoms with van der Waals surface area (Å²) in [4.78, 5) is 10.9. The molecule has 2 aromatic carbocycles. The van der Waals surface area contributed by atoms with Crippen molar-refractivity contribution in [2.24, 2.45) is 0 Å². The van der Waals surface area contributed by atoms with Crippen molar-refractivity contribution in [3.8, 4) is 21.4 Å². The molecule has 8 rings (SSSR count). The van der Waals surface area contributed by atoms with Crippen LogP contribution in [0.15, 0.2) is 132 Å². The lowest BCUT2D eigenvalue weighted by molar-refractivity contribution is 0.640. The predicted octanol–water partition coefficient (Wildman–Crippen LogP) is 10.4. The summed E-state index contributed by atoms with van der Waals surface area (Å²) in [6, 6.07) is 29.2. The van der Waals surface area contributed by atoms with Crippen molar-refractivity contribution in [1.82, 2.24) is 39.5 Å². The molecule has 0 radical (unpaired) electrons. The van der Waals surface area contributed by atoms with Gasteiger partial charge in [-0.15, -0.1) is 54.4 Å². The first-order valence-corrected chi connectivity index (χ1v) is 20.5. The van der Waals surface area contributed by atoms with Crippen LogP contribution in [-0.4, -0.2) is 39.5 Å². The van der Waals surface area contributed by atoms with Crippen LogP contribution in [-0.2, 0) is 25.9 Å². The molecule has 0 aliphatic heterocycles. The van der Waals surface area contributed by atoms with E-state index in [0.29, 0.717) is 4.34 Å². The third kappa shape index (κ3) is 8.94. The van der Waals surface area contributed by atoms with Gasteiger partial charge in [-0.1, -0.05) is 95.7 Å². The van der Waals surface area contributed by atoms with Gasteiger partial charge in [0.15, 0.2) is 30.6 Å². The summed E-state index contributed by atoms with van der Waals surface area (Å²) in [5, 5.41) is 25.5. The van der Waals surface area contributed by atoms with Gasteiger partial charge < -0.3 is 9.13 Å². The summed E-state index contributed by atoms with van der Waals surface area (Å²) in [5.74, 6) is 1.83. The molecule has 15 heteroatoms. The first-order chi connectivity index (χ1) is 24.2. The highest BCUT2D eigenvalue weighted by Gasteiger charge is 2.18. The van der Waals surface area contributed by atoms with Gasteiger partial charge in [0.1, 0.15) is 4.34 Å². The van der Waals surface area contributed by atoms with Gasteiger partial charge in [0.05, 0.1) is 16.0 Å². The minimum absolute atomic E-state index is 0.677. The second-order valence-corrected chi connectivity index (χ2v) is 17.2. The smallest absolute Gasteiger partial charge is 0.198 e. The molecule has 0 fully saturated rings. The molecule has 246 valence electrons. The zero-order valence-electron chi connectivity index (χ0n) is 25.7. The first kappa shape index (κ1) is 33.8. The Kier molecular flexibility index (Phi) is 11.6. The van der Waals surface area contributed by atoms with Crippen LogP contribution in [0.2, 0.25) is 4.34 Å². The highest BCUT2D eigenvalue weighted by molar-refractivity contribution is 8.01. The van der Waals surface area contributed by atoms with Gasteiger partial charge in [-0.25, -0.2) is 9.97 Å². The van der Waals surface area contributed by atoms with E-state index in [4.69, 9.17) is 11.6 Å². The lowest BCUT2D eigenvalue weighted by Crippen LogP contribution is -2.04. The second-order valence-electron chi connectivity index (χ2n) is 10.3. The van der Waals surface area contributed by atoms with Crippen molar-refractivity contribution < 1.29 is 0 Å². The summed E-state index contributed by atoms with van der Waals surface area (Å²) in [6.45, 7) is 1.66. The molecule has 0 saturated heterocycles. The number of halogens is 1.